The van der Waals surface area contributed by atoms with E-state index < -0.39 is 15.5 Å². The highest BCUT2D eigenvalue weighted by Crippen LogP contribution is 2.27. The first-order valence-electron chi connectivity index (χ1n) is 6.84. The monoisotopic (exact) mass is 391 g/mol. The van der Waals surface area contributed by atoms with Gasteiger partial charge in [0.05, 0.1) is 17.1 Å². The fourth-order valence-electron chi connectivity index (χ4n) is 1.82. The zero-order chi connectivity index (χ0) is 18.7. The van der Waals surface area contributed by atoms with Gasteiger partial charge < -0.3 is 0 Å². The Bertz CT molecular complexity index is 882. The number of nitrogens with one attached hydrogen (secondary N) is 2. The van der Waals surface area contributed by atoms with Crippen LogP contribution < -0.4 is 10.1 Å². The molecule has 0 aromatic heterocycles. The molecule has 2 rings (SSSR count). The summed E-state index contributed by atoms with van der Waals surface area (Å²) in [6.45, 7) is 1.53. The smallest absolute Gasteiger partial charge is 0.278 e. The Morgan fingerprint density at radius 2 is 1.68 bits per heavy atom. The van der Waals surface area contributed by atoms with Crippen LogP contribution in [0.4, 0.5) is 24.5 Å². The van der Waals surface area contributed by atoms with Gasteiger partial charge in [-0.15, -0.1) is 0 Å². The summed E-state index contributed by atoms with van der Waals surface area (Å²) in [4.78, 5) is 0. The van der Waals surface area contributed by atoms with Crippen LogP contribution in [0.15, 0.2) is 53.6 Å². The molecule has 2 N–H and O–H groups in total. The van der Waals surface area contributed by atoms with E-state index in [1.807, 2.05) is 0 Å². The van der Waals surface area contributed by atoms with E-state index in [0.29, 0.717) is 10.7 Å². The van der Waals surface area contributed by atoms with Crippen LogP contribution in [0.2, 0.25) is 5.02 Å². The first kappa shape index (κ1) is 19.1. The Morgan fingerprint density at radius 1 is 1.08 bits per heavy atom. The second-order valence-corrected chi connectivity index (χ2v) is 7.02. The van der Waals surface area contributed by atoms with Gasteiger partial charge in [-0.1, -0.05) is 29.8 Å². The molecule has 25 heavy (non-hydrogen) atoms. The number of halogens is 4. The number of para-hydroxylation sites is 1. The maximum atomic E-state index is 12.6. The Hall–Kier alpha value is -2.26. The van der Waals surface area contributed by atoms with Gasteiger partial charge in [-0.25, -0.2) is 0 Å². The predicted octanol–water partition coefficient (Wildman–Crippen LogP) is 4.44. The maximum absolute atomic E-state index is 12.6. The highest BCUT2D eigenvalue weighted by Gasteiger charge is 2.46. The van der Waals surface area contributed by atoms with Gasteiger partial charge in [-0.2, -0.15) is 26.7 Å². The molecule has 2 aromatic carbocycles. The SMILES string of the molecule is C/C(=N\Nc1ccc(Cl)cc1)c1ccccc1NS(=O)(=O)C(F)(F)F. The van der Waals surface area contributed by atoms with Crippen molar-refractivity contribution in [1.82, 2.24) is 0 Å². The molecule has 0 bridgehead atoms. The fourth-order valence-corrected chi connectivity index (χ4v) is 2.53. The number of alkyl halides is 3. The van der Waals surface area contributed by atoms with Gasteiger partial charge in [0.2, 0.25) is 0 Å². The number of nitrogens with zero attached hydrogens (tertiary/aromatic N) is 1. The van der Waals surface area contributed by atoms with Crippen LogP contribution in [-0.4, -0.2) is 19.6 Å². The number of rotatable bonds is 5. The minimum atomic E-state index is -5.52. The molecule has 0 saturated carbocycles. The summed E-state index contributed by atoms with van der Waals surface area (Å²) < 4.78 is 61.8. The molecule has 0 aliphatic carbocycles. The average molecular weight is 392 g/mol. The van der Waals surface area contributed by atoms with Crippen molar-refractivity contribution in [3.8, 4) is 0 Å². The maximum Gasteiger partial charge on any atom is 0.516 e. The van der Waals surface area contributed by atoms with Gasteiger partial charge >= 0.3 is 15.5 Å². The lowest BCUT2D eigenvalue weighted by atomic mass is 10.1. The number of benzene rings is 2. The summed E-state index contributed by atoms with van der Waals surface area (Å²) in [7, 11) is -5.52. The molecule has 10 heteroatoms. The number of sulfonamides is 1. The van der Waals surface area contributed by atoms with E-state index in [2.05, 4.69) is 10.5 Å². The van der Waals surface area contributed by atoms with E-state index in [1.165, 1.54) is 29.8 Å². The van der Waals surface area contributed by atoms with Crippen LogP contribution in [0, 0.1) is 0 Å². The molecule has 0 radical (unpaired) electrons. The molecule has 0 unspecified atom stereocenters. The Kier molecular flexibility index (Phi) is 5.58. The Morgan fingerprint density at radius 3 is 2.28 bits per heavy atom. The largest absolute Gasteiger partial charge is 0.516 e. The van der Waals surface area contributed by atoms with Gasteiger partial charge in [0.25, 0.3) is 0 Å². The zero-order valence-corrected chi connectivity index (χ0v) is 14.4. The molecule has 0 spiro atoms. The van der Waals surface area contributed by atoms with Crippen molar-refractivity contribution in [2.45, 2.75) is 12.4 Å². The summed E-state index contributed by atoms with van der Waals surface area (Å²) in [6, 6.07) is 12.3. The van der Waals surface area contributed by atoms with Crippen LogP contribution in [0.3, 0.4) is 0 Å². The lowest BCUT2D eigenvalue weighted by Crippen LogP contribution is -2.30. The highest BCUT2D eigenvalue weighted by molar-refractivity contribution is 7.93. The quantitative estimate of drug-likeness (QED) is 0.584. The van der Waals surface area contributed by atoms with Gasteiger partial charge in [0.1, 0.15) is 0 Å². The third-order valence-corrected chi connectivity index (χ3v) is 4.41. The lowest BCUT2D eigenvalue weighted by molar-refractivity contribution is -0.0429. The van der Waals surface area contributed by atoms with Gasteiger partial charge in [-0.05, 0) is 37.3 Å². The molecule has 0 saturated heterocycles. The molecule has 2 aromatic rings. The number of hydrogen-bond acceptors (Lipinski definition) is 4. The number of hydrazone groups is 1. The molecule has 0 fully saturated rings. The molecular weight excluding hydrogens is 379 g/mol. The number of anilines is 2. The predicted molar refractivity (Wildman–Crippen MR) is 92.3 cm³/mol. The summed E-state index contributed by atoms with van der Waals surface area (Å²) in [5, 5.41) is 4.59. The third-order valence-electron chi connectivity index (χ3n) is 3.06. The van der Waals surface area contributed by atoms with E-state index in [1.54, 1.807) is 30.3 Å². The van der Waals surface area contributed by atoms with E-state index in [9.17, 15) is 21.6 Å². The Balaban J connectivity index is 2.27. The lowest BCUT2D eigenvalue weighted by Gasteiger charge is -2.14. The van der Waals surface area contributed by atoms with Crippen LogP contribution >= 0.6 is 11.6 Å². The van der Waals surface area contributed by atoms with Gasteiger partial charge in [0, 0.05) is 10.6 Å². The van der Waals surface area contributed by atoms with Crippen molar-refractivity contribution in [2.24, 2.45) is 5.10 Å². The van der Waals surface area contributed by atoms with E-state index in [4.69, 9.17) is 11.6 Å². The van der Waals surface area contributed by atoms with Crippen LogP contribution in [0.25, 0.3) is 0 Å². The zero-order valence-electron chi connectivity index (χ0n) is 12.8. The second-order valence-electron chi connectivity index (χ2n) is 4.91. The van der Waals surface area contributed by atoms with Gasteiger partial charge in [-0.3, -0.25) is 10.1 Å². The molecular formula is C15H13ClF3N3O2S. The van der Waals surface area contributed by atoms with Crippen molar-refractivity contribution in [3.63, 3.8) is 0 Å². The highest BCUT2D eigenvalue weighted by atomic mass is 35.5. The number of hydrogen-bond donors (Lipinski definition) is 2. The van der Waals surface area contributed by atoms with Crippen molar-refractivity contribution < 1.29 is 21.6 Å². The summed E-state index contributed by atoms with van der Waals surface area (Å²) in [6.07, 6.45) is 0. The molecule has 0 aliphatic rings. The molecule has 0 amide bonds. The molecule has 0 aliphatic heterocycles. The first-order valence-corrected chi connectivity index (χ1v) is 8.70. The summed E-state index contributed by atoms with van der Waals surface area (Å²) in [5.41, 5.74) is -1.81. The average Bonchev–Trinajstić information content (AvgIpc) is 2.53. The van der Waals surface area contributed by atoms with Crippen LogP contribution in [-0.2, 0) is 10.0 Å². The molecule has 0 heterocycles. The van der Waals surface area contributed by atoms with E-state index >= 15 is 0 Å². The topological polar surface area (TPSA) is 70.6 Å². The van der Waals surface area contributed by atoms with Crippen molar-refractivity contribution in [1.29, 1.82) is 0 Å². The van der Waals surface area contributed by atoms with Gasteiger partial charge in [0.15, 0.2) is 0 Å². The minimum absolute atomic E-state index is 0.205. The van der Waals surface area contributed by atoms with Crippen LogP contribution in [0.1, 0.15) is 12.5 Å². The van der Waals surface area contributed by atoms with Crippen molar-refractivity contribution >= 4 is 38.7 Å². The normalized spacial score (nSPS) is 12.8. The second kappa shape index (κ2) is 7.32. The molecule has 134 valence electrons. The third kappa shape index (κ3) is 4.86. The standard InChI is InChI=1S/C15H13ClF3N3O2S/c1-10(20-21-12-8-6-11(16)7-9-12)13-4-2-3-5-14(13)22-25(23,24)15(17,18)19/h2-9,21-22H,1H3/b20-10+. The minimum Gasteiger partial charge on any atom is -0.278 e. The summed E-state index contributed by atoms with van der Waals surface area (Å²) >= 11 is 5.77. The molecule has 5 nitrogen and oxygen atoms in total. The van der Waals surface area contributed by atoms with Crippen molar-refractivity contribution in [2.75, 3.05) is 10.1 Å². The first-order chi connectivity index (χ1) is 11.6. The van der Waals surface area contributed by atoms with Crippen molar-refractivity contribution in [3.05, 3.63) is 59.1 Å². The van der Waals surface area contributed by atoms with E-state index in [0.717, 1.165) is 0 Å². The summed E-state index contributed by atoms with van der Waals surface area (Å²) in [5.74, 6) is 0. The van der Waals surface area contributed by atoms with E-state index in [-0.39, 0.29) is 17.0 Å². The molecule has 0 atom stereocenters. The van der Waals surface area contributed by atoms with Crippen LogP contribution in [0.5, 0.6) is 0 Å². The Labute approximate surface area is 147 Å². The fraction of sp³-hybridized carbons (Fsp3) is 0.133.